The molecule has 136 valence electrons. The number of rotatable bonds is 5. The number of ether oxygens (including phenoxy) is 3. The fourth-order valence-corrected chi connectivity index (χ4v) is 2.63. The molecule has 0 unspecified atom stereocenters. The molecule has 0 radical (unpaired) electrons. The van der Waals surface area contributed by atoms with Gasteiger partial charge in [0.1, 0.15) is 49.3 Å². The minimum Gasteiger partial charge on any atom is -0.394 e. The molecule has 11 nitrogen and oxygen atoms in total. The molecule has 0 bridgehead atoms. The van der Waals surface area contributed by atoms with E-state index in [1.165, 1.54) is 0 Å². The van der Waals surface area contributed by atoms with Gasteiger partial charge in [-0.3, -0.25) is 0 Å². The fourth-order valence-electron chi connectivity index (χ4n) is 2.63. The van der Waals surface area contributed by atoms with Gasteiger partial charge in [0, 0.05) is 0 Å². The average molecular weight is 342 g/mol. The second kappa shape index (κ2) is 7.21. The summed E-state index contributed by atoms with van der Waals surface area (Å²) >= 11 is 0. The molecule has 23 heavy (non-hydrogen) atoms. The van der Waals surface area contributed by atoms with Crippen molar-refractivity contribution in [3.8, 4) is 0 Å². The van der Waals surface area contributed by atoms with Gasteiger partial charge in [-0.05, 0) is 0 Å². The Bertz CT molecular complexity index is 393. The zero-order valence-corrected chi connectivity index (χ0v) is 12.0. The Kier molecular flexibility index (Phi) is 5.92. The van der Waals surface area contributed by atoms with Gasteiger partial charge in [0.15, 0.2) is 6.29 Å². The van der Waals surface area contributed by atoms with Crippen LogP contribution in [-0.4, -0.2) is 115 Å². The third-order valence-corrected chi connectivity index (χ3v) is 4.07. The summed E-state index contributed by atoms with van der Waals surface area (Å²) in [5.41, 5.74) is 0. The van der Waals surface area contributed by atoms with E-state index in [1.54, 1.807) is 0 Å². The second-order valence-electron chi connectivity index (χ2n) is 5.56. The Hall–Kier alpha value is -0.440. The zero-order chi connectivity index (χ0) is 17.4. The van der Waals surface area contributed by atoms with E-state index in [1.807, 2.05) is 0 Å². The van der Waals surface area contributed by atoms with Crippen LogP contribution in [-0.2, 0) is 14.2 Å². The van der Waals surface area contributed by atoms with Crippen molar-refractivity contribution < 1.29 is 55.1 Å². The highest BCUT2D eigenvalue weighted by molar-refractivity contribution is 4.98. The quantitative estimate of drug-likeness (QED) is 0.238. The van der Waals surface area contributed by atoms with Crippen LogP contribution in [0.3, 0.4) is 0 Å². The Labute approximate surface area is 130 Å². The highest BCUT2D eigenvalue weighted by Crippen LogP contribution is 2.35. The summed E-state index contributed by atoms with van der Waals surface area (Å²) < 4.78 is 15.4. The second-order valence-corrected chi connectivity index (χ2v) is 5.56. The maximum atomic E-state index is 10.00. The van der Waals surface area contributed by atoms with Gasteiger partial charge < -0.3 is 55.1 Å². The van der Waals surface area contributed by atoms with E-state index in [0.717, 1.165) is 0 Å². The van der Waals surface area contributed by atoms with Crippen molar-refractivity contribution in [2.24, 2.45) is 0 Å². The van der Waals surface area contributed by atoms with E-state index in [-0.39, 0.29) is 0 Å². The highest BCUT2D eigenvalue weighted by Gasteiger charge is 2.58. The Balaban J connectivity index is 2.18. The van der Waals surface area contributed by atoms with E-state index in [9.17, 15) is 30.6 Å². The van der Waals surface area contributed by atoms with Gasteiger partial charge in [-0.2, -0.15) is 0 Å². The van der Waals surface area contributed by atoms with E-state index < -0.39 is 74.6 Å². The summed E-state index contributed by atoms with van der Waals surface area (Å²) in [5.74, 6) is -2.22. The van der Waals surface area contributed by atoms with Crippen LogP contribution in [0.5, 0.6) is 0 Å². The molecule has 2 aliphatic rings. The van der Waals surface area contributed by atoms with Crippen molar-refractivity contribution in [2.45, 2.75) is 54.8 Å². The Morgan fingerprint density at radius 1 is 0.783 bits per heavy atom. The van der Waals surface area contributed by atoms with Crippen LogP contribution in [0.2, 0.25) is 0 Å². The molecule has 2 saturated heterocycles. The number of hydrogen-bond acceptors (Lipinski definition) is 11. The van der Waals surface area contributed by atoms with Crippen molar-refractivity contribution >= 4 is 0 Å². The van der Waals surface area contributed by atoms with Crippen LogP contribution in [0.25, 0.3) is 0 Å². The van der Waals surface area contributed by atoms with Crippen molar-refractivity contribution in [2.75, 3.05) is 19.8 Å². The lowest BCUT2D eigenvalue weighted by molar-refractivity contribution is -0.383. The van der Waals surface area contributed by atoms with Crippen LogP contribution >= 0.6 is 0 Å². The number of aliphatic hydroxyl groups is 8. The van der Waals surface area contributed by atoms with Crippen molar-refractivity contribution in [3.63, 3.8) is 0 Å². The summed E-state index contributed by atoms with van der Waals surface area (Å²) in [6.07, 6.45) is -12.7. The molecule has 8 N–H and O–H groups in total. The van der Waals surface area contributed by atoms with Crippen LogP contribution in [0.4, 0.5) is 0 Å². The molecule has 0 aromatic heterocycles. The third-order valence-electron chi connectivity index (χ3n) is 4.07. The fraction of sp³-hybridized carbons (Fsp3) is 1.00. The number of aliphatic hydroxyl groups excluding tert-OH is 8. The lowest BCUT2D eigenvalue weighted by Gasteiger charge is -2.43. The summed E-state index contributed by atoms with van der Waals surface area (Å²) in [7, 11) is 0. The zero-order valence-electron chi connectivity index (χ0n) is 12.0. The van der Waals surface area contributed by atoms with E-state index in [4.69, 9.17) is 24.4 Å². The first-order valence-corrected chi connectivity index (χ1v) is 7.05. The molecule has 9 atom stereocenters. The van der Waals surface area contributed by atoms with Gasteiger partial charge in [-0.25, -0.2) is 0 Å². The van der Waals surface area contributed by atoms with Gasteiger partial charge in [0.05, 0.1) is 13.2 Å². The standard InChI is InChI=1S/C12H22O11/c13-1-4-6(16)8(18)9(19)11(21-4)23-12(3-15)10(20)7(17)5(2-14)22-12/h4-11,13-20H,1-3H2/t4-,5+,6-,7-,8+,9-,10-,11+,12-/m0/s1. The van der Waals surface area contributed by atoms with Crippen LogP contribution in [0.1, 0.15) is 0 Å². The summed E-state index contributed by atoms with van der Waals surface area (Å²) in [5, 5.41) is 76.7. The third kappa shape index (κ3) is 3.23. The largest absolute Gasteiger partial charge is 0.394 e. The van der Waals surface area contributed by atoms with Crippen molar-refractivity contribution in [3.05, 3.63) is 0 Å². The topological polar surface area (TPSA) is 190 Å². The van der Waals surface area contributed by atoms with Crippen LogP contribution in [0, 0.1) is 0 Å². The normalized spacial score (nSPS) is 51.1. The Morgan fingerprint density at radius 3 is 1.87 bits per heavy atom. The minimum absolute atomic E-state index is 0.669. The van der Waals surface area contributed by atoms with Crippen molar-refractivity contribution in [1.29, 1.82) is 0 Å². The monoisotopic (exact) mass is 342 g/mol. The first-order chi connectivity index (χ1) is 10.8. The Morgan fingerprint density at radius 2 is 1.39 bits per heavy atom. The minimum atomic E-state index is -2.22. The smallest absolute Gasteiger partial charge is 0.224 e. The van der Waals surface area contributed by atoms with E-state index >= 15 is 0 Å². The molecule has 2 rings (SSSR count). The SMILES string of the molecule is OC[C@@H]1O[C@H](O[C@]2(CO)O[C@H](CO)[C@H](O)[C@@H]2O)[C@@H](O)[C@H](O)[C@H]1O. The molecular weight excluding hydrogens is 320 g/mol. The summed E-state index contributed by atoms with van der Waals surface area (Å²) in [4.78, 5) is 0. The maximum absolute atomic E-state index is 10.00. The number of hydrogen-bond donors (Lipinski definition) is 8. The van der Waals surface area contributed by atoms with Crippen molar-refractivity contribution in [1.82, 2.24) is 0 Å². The van der Waals surface area contributed by atoms with Gasteiger partial charge in [0.2, 0.25) is 5.79 Å². The molecular formula is C12H22O11. The summed E-state index contributed by atoms with van der Waals surface area (Å²) in [6, 6.07) is 0. The molecule has 0 aromatic carbocycles. The molecule has 0 aliphatic carbocycles. The van der Waals surface area contributed by atoms with Gasteiger partial charge in [0.25, 0.3) is 0 Å². The lowest BCUT2D eigenvalue weighted by atomic mass is 9.99. The van der Waals surface area contributed by atoms with E-state index in [0.29, 0.717) is 0 Å². The van der Waals surface area contributed by atoms with Gasteiger partial charge in [-0.1, -0.05) is 0 Å². The molecule has 0 aromatic rings. The molecule has 2 fully saturated rings. The first-order valence-electron chi connectivity index (χ1n) is 7.05. The maximum Gasteiger partial charge on any atom is 0.224 e. The predicted octanol–water partition coefficient (Wildman–Crippen LogP) is -5.40. The lowest BCUT2D eigenvalue weighted by Crippen LogP contribution is -2.62. The molecule has 0 saturated carbocycles. The molecule has 11 heteroatoms. The molecule has 2 aliphatic heterocycles. The molecule has 0 amide bonds. The average Bonchev–Trinajstić information content (AvgIpc) is 2.80. The van der Waals surface area contributed by atoms with Crippen LogP contribution < -0.4 is 0 Å². The predicted molar refractivity (Wildman–Crippen MR) is 68.6 cm³/mol. The summed E-state index contributed by atoms with van der Waals surface area (Å²) in [6.45, 7) is -2.32. The van der Waals surface area contributed by atoms with E-state index in [2.05, 4.69) is 0 Å². The highest BCUT2D eigenvalue weighted by atomic mass is 16.8. The van der Waals surface area contributed by atoms with Crippen LogP contribution in [0.15, 0.2) is 0 Å². The first kappa shape index (κ1) is 18.9. The molecule has 2 heterocycles. The van der Waals surface area contributed by atoms with Gasteiger partial charge >= 0.3 is 0 Å². The molecule has 0 spiro atoms. The van der Waals surface area contributed by atoms with Gasteiger partial charge in [-0.15, -0.1) is 0 Å².